The summed E-state index contributed by atoms with van der Waals surface area (Å²) in [6, 6.07) is 18.9. The second kappa shape index (κ2) is 5.88. The van der Waals surface area contributed by atoms with Crippen LogP contribution in [0.1, 0.15) is 17.2 Å². The maximum Gasteiger partial charge on any atom is 0.138 e. The first kappa shape index (κ1) is 13.5. The summed E-state index contributed by atoms with van der Waals surface area (Å²) < 4.78 is 3.86. The van der Waals surface area contributed by atoms with Crippen molar-refractivity contribution in [1.82, 2.24) is 24.3 Å². The Balaban J connectivity index is 1.75. The molecular formula is C18H15N5. The molecule has 1 unspecified atom stereocenters. The van der Waals surface area contributed by atoms with Gasteiger partial charge < -0.3 is 4.57 Å². The predicted octanol–water partition coefficient (Wildman–Crippen LogP) is 3.10. The lowest BCUT2D eigenvalue weighted by Crippen LogP contribution is -2.10. The molecule has 0 saturated carbocycles. The van der Waals surface area contributed by atoms with Gasteiger partial charge in [-0.25, -0.2) is 14.6 Å². The van der Waals surface area contributed by atoms with Gasteiger partial charge in [0.05, 0.1) is 18.1 Å². The van der Waals surface area contributed by atoms with E-state index in [2.05, 4.69) is 68.2 Å². The minimum absolute atomic E-state index is 0.100. The van der Waals surface area contributed by atoms with Crippen molar-refractivity contribution in [3.05, 3.63) is 97.1 Å². The molecule has 0 radical (unpaired) electrons. The molecule has 4 rings (SSSR count). The maximum atomic E-state index is 4.19. The monoisotopic (exact) mass is 301 g/mol. The zero-order valence-electron chi connectivity index (χ0n) is 12.4. The molecular weight excluding hydrogens is 286 g/mol. The van der Waals surface area contributed by atoms with Gasteiger partial charge in [0, 0.05) is 12.4 Å². The second-order valence-electron chi connectivity index (χ2n) is 5.25. The van der Waals surface area contributed by atoms with Crippen LogP contribution in [0.25, 0.3) is 5.69 Å². The number of aromatic nitrogens is 5. The summed E-state index contributed by atoms with van der Waals surface area (Å²) in [4.78, 5) is 8.18. The molecule has 5 heteroatoms. The summed E-state index contributed by atoms with van der Waals surface area (Å²) in [5.74, 6) is 0. The van der Waals surface area contributed by atoms with Crippen molar-refractivity contribution in [3.63, 3.8) is 0 Å². The van der Waals surface area contributed by atoms with Crippen molar-refractivity contribution < 1.29 is 0 Å². The lowest BCUT2D eigenvalue weighted by atomic mass is 9.98. The van der Waals surface area contributed by atoms with E-state index in [4.69, 9.17) is 0 Å². The second-order valence-corrected chi connectivity index (χ2v) is 5.25. The van der Waals surface area contributed by atoms with Crippen LogP contribution in [-0.4, -0.2) is 24.3 Å². The maximum absolute atomic E-state index is 4.19. The summed E-state index contributed by atoms with van der Waals surface area (Å²) in [7, 11) is 0. The van der Waals surface area contributed by atoms with Crippen molar-refractivity contribution in [2.75, 3.05) is 0 Å². The average molecular weight is 301 g/mol. The highest BCUT2D eigenvalue weighted by atomic mass is 15.3. The highest BCUT2D eigenvalue weighted by Crippen LogP contribution is 2.27. The van der Waals surface area contributed by atoms with Crippen LogP contribution >= 0.6 is 0 Å². The molecule has 0 saturated heterocycles. The zero-order chi connectivity index (χ0) is 15.5. The fourth-order valence-electron chi connectivity index (χ4n) is 2.75. The van der Waals surface area contributed by atoms with Crippen molar-refractivity contribution in [1.29, 1.82) is 0 Å². The third-order valence-corrected chi connectivity index (χ3v) is 3.83. The van der Waals surface area contributed by atoms with Crippen LogP contribution in [0.2, 0.25) is 0 Å². The molecule has 1 atom stereocenters. The van der Waals surface area contributed by atoms with Gasteiger partial charge in [0.2, 0.25) is 0 Å². The van der Waals surface area contributed by atoms with E-state index in [1.165, 1.54) is 17.5 Å². The lowest BCUT2D eigenvalue weighted by molar-refractivity contribution is 0.676. The van der Waals surface area contributed by atoms with Crippen LogP contribution in [0.15, 0.2) is 86.0 Å². The molecule has 0 fully saturated rings. The molecule has 0 spiro atoms. The molecule has 23 heavy (non-hydrogen) atoms. The van der Waals surface area contributed by atoms with Crippen LogP contribution in [0.5, 0.6) is 0 Å². The smallest absolute Gasteiger partial charge is 0.138 e. The third-order valence-electron chi connectivity index (χ3n) is 3.83. The minimum Gasteiger partial charge on any atom is -0.326 e. The van der Waals surface area contributed by atoms with E-state index in [0.29, 0.717) is 0 Å². The molecule has 5 nitrogen and oxygen atoms in total. The van der Waals surface area contributed by atoms with Gasteiger partial charge in [-0.2, -0.15) is 5.10 Å². The lowest BCUT2D eigenvalue weighted by Gasteiger charge is -2.20. The number of hydrogen-bond acceptors (Lipinski definition) is 3. The third kappa shape index (κ3) is 2.64. The van der Waals surface area contributed by atoms with E-state index in [0.717, 1.165) is 5.69 Å². The largest absolute Gasteiger partial charge is 0.326 e. The Kier molecular flexibility index (Phi) is 3.44. The van der Waals surface area contributed by atoms with Crippen molar-refractivity contribution in [2.45, 2.75) is 6.04 Å². The van der Waals surface area contributed by atoms with Gasteiger partial charge >= 0.3 is 0 Å². The molecule has 0 aliphatic heterocycles. The Morgan fingerprint density at radius 2 is 1.57 bits per heavy atom. The van der Waals surface area contributed by atoms with Crippen LogP contribution in [-0.2, 0) is 0 Å². The molecule has 0 amide bonds. The van der Waals surface area contributed by atoms with Gasteiger partial charge in [-0.15, -0.1) is 0 Å². The van der Waals surface area contributed by atoms with Crippen LogP contribution in [0, 0.1) is 0 Å². The number of rotatable bonds is 4. The minimum atomic E-state index is 0.100. The highest BCUT2D eigenvalue weighted by Gasteiger charge is 2.15. The summed E-state index contributed by atoms with van der Waals surface area (Å²) >= 11 is 0. The van der Waals surface area contributed by atoms with Gasteiger partial charge in [0.15, 0.2) is 0 Å². The quantitative estimate of drug-likeness (QED) is 0.582. The number of nitrogens with zero attached hydrogens (tertiary/aromatic N) is 5. The number of benzene rings is 2. The van der Waals surface area contributed by atoms with Gasteiger partial charge in [-0.05, 0) is 23.3 Å². The van der Waals surface area contributed by atoms with E-state index in [1.807, 2.05) is 18.6 Å². The van der Waals surface area contributed by atoms with Crippen LogP contribution in [0.3, 0.4) is 0 Å². The fourth-order valence-corrected chi connectivity index (χ4v) is 2.75. The molecule has 112 valence electrons. The Bertz CT molecular complexity index is 850. The molecule has 0 N–H and O–H groups in total. The molecule has 0 bridgehead atoms. The van der Waals surface area contributed by atoms with Crippen molar-refractivity contribution >= 4 is 0 Å². The molecule has 4 aromatic rings. The Morgan fingerprint density at radius 1 is 0.783 bits per heavy atom. The summed E-state index contributed by atoms with van der Waals surface area (Å²) in [6.45, 7) is 0. The van der Waals surface area contributed by atoms with E-state index in [1.54, 1.807) is 17.2 Å². The standard InChI is InChI=1S/C18H15N5/c1-2-4-15(5-3-1)18(22-11-10-19-13-22)16-6-8-17(9-7-16)23-14-20-12-21-23/h1-14,18H. The zero-order valence-corrected chi connectivity index (χ0v) is 12.4. The summed E-state index contributed by atoms with van der Waals surface area (Å²) in [5, 5.41) is 4.16. The highest BCUT2D eigenvalue weighted by molar-refractivity contribution is 5.39. The number of hydrogen-bond donors (Lipinski definition) is 0. The van der Waals surface area contributed by atoms with Gasteiger partial charge in [-0.3, -0.25) is 0 Å². The first-order chi connectivity index (χ1) is 11.4. The van der Waals surface area contributed by atoms with Gasteiger partial charge in [0.25, 0.3) is 0 Å². The van der Waals surface area contributed by atoms with Crippen LogP contribution < -0.4 is 0 Å². The average Bonchev–Trinajstić information content (AvgIpc) is 3.31. The molecule has 0 aliphatic carbocycles. The first-order valence-electron chi connectivity index (χ1n) is 7.39. The SMILES string of the molecule is c1ccc(C(c2ccc(-n3cncn3)cc2)n2ccnc2)cc1. The van der Waals surface area contributed by atoms with Crippen molar-refractivity contribution in [3.8, 4) is 5.69 Å². The van der Waals surface area contributed by atoms with Gasteiger partial charge in [0.1, 0.15) is 12.7 Å². The Labute approximate surface area is 133 Å². The van der Waals surface area contributed by atoms with Crippen LogP contribution in [0.4, 0.5) is 0 Å². The van der Waals surface area contributed by atoms with Crippen molar-refractivity contribution in [2.24, 2.45) is 0 Å². The summed E-state index contributed by atoms with van der Waals surface area (Å²) in [6.07, 6.45) is 8.87. The summed E-state index contributed by atoms with van der Waals surface area (Å²) in [5.41, 5.74) is 3.40. The molecule has 2 aromatic carbocycles. The van der Waals surface area contributed by atoms with Gasteiger partial charge in [-0.1, -0.05) is 42.5 Å². The van der Waals surface area contributed by atoms with E-state index in [9.17, 15) is 0 Å². The normalized spacial score (nSPS) is 12.2. The first-order valence-corrected chi connectivity index (χ1v) is 7.39. The number of imidazole rings is 1. The Hall–Kier alpha value is -3.21. The van der Waals surface area contributed by atoms with E-state index in [-0.39, 0.29) is 6.04 Å². The fraction of sp³-hybridized carbons (Fsp3) is 0.0556. The molecule has 2 heterocycles. The molecule has 2 aromatic heterocycles. The Morgan fingerprint density at radius 3 is 2.22 bits per heavy atom. The topological polar surface area (TPSA) is 48.5 Å². The van der Waals surface area contributed by atoms with E-state index < -0.39 is 0 Å². The predicted molar refractivity (Wildman–Crippen MR) is 87.3 cm³/mol. The molecule has 0 aliphatic rings. The van der Waals surface area contributed by atoms with E-state index >= 15 is 0 Å².